The van der Waals surface area contributed by atoms with Crippen molar-refractivity contribution < 1.29 is 13.6 Å². The summed E-state index contributed by atoms with van der Waals surface area (Å²) >= 11 is 1.09. The minimum atomic E-state index is -0.735. The Morgan fingerprint density at radius 3 is 2.73 bits per heavy atom. The van der Waals surface area contributed by atoms with Crippen molar-refractivity contribution >= 4 is 32.6 Å². The number of aromatic nitrogens is 3. The van der Waals surface area contributed by atoms with Gasteiger partial charge in [0.05, 0.1) is 4.70 Å². The van der Waals surface area contributed by atoms with Crippen LogP contribution in [0, 0.1) is 11.6 Å². The van der Waals surface area contributed by atoms with Crippen molar-refractivity contribution in [2.45, 2.75) is 13.5 Å². The number of hydrogen-bond donors (Lipinski definition) is 0. The molecule has 0 saturated carbocycles. The van der Waals surface area contributed by atoms with Gasteiger partial charge >= 0.3 is 0 Å². The first-order chi connectivity index (χ1) is 12.4. The number of benzene rings is 1. The molecule has 9 heteroatoms. The average Bonchev–Trinajstić information content (AvgIpc) is 3.20. The Bertz CT molecular complexity index is 937. The summed E-state index contributed by atoms with van der Waals surface area (Å²) in [6.45, 7) is 3.41. The average molecular weight is 379 g/mol. The number of amides is 1. The van der Waals surface area contributed by atoms with Crippen LogP contribution in [0.4, 0.5) is 13.9 Å². The number of aryl methyl sites for hydroxylation is 1. The normalized spacial score (nSPS) is 11.5. The Labute approximate surface area is 153 Å². The van der Waals surface area contributed by atoms with E-state index >= 15 is 0 Å². The maximum absolute atomic E-state index is 14.0. The van der Waals surface area contributed by atoms with Gasteiger partial charge in [-0.05, 0) is 33.2 Å². The number of rotatable bonds is 6. The van der Waals surface area contributed by atoms with Gasteiger partial charge in [-0.25, -0.2) is 13.8 Å². The molecule has 0 atom stereocenters. The van der Waals surface area contributed by atoms with Gasteiger partial charge in [0.15, 0.2) is 10.9 Å². The van der Waals surface area contributed by atoms with Crippen molar-refractivity contribution in [3.05, 3.63) is 41.7 Å². The Morgan fingerprint density at radius 2 is 2.04 bits per heavy atom. The highest BCUT2D eigenvalue weighted by Gasteiger charge is 2.24. The molecule has 3 aromatic rings. The van der Waals surface area contributed by atoms with Gasteiger partial charge in [0.2, 0.25) is 0 Å². The van der Waals surface area contributed by atoms with Crippen LogP contribution < -0.4 is 4.90 Å². The second-order valence-electron chi connectivity index (χ2n) is 6.02. The molecule has 0 unspecified atom stereocenters. The van der Waals surface area contributed by atoms with Crippen LogP contribution in [0.25, 0.3) is 10.2 Å². The number of likely N-dealkylation sites (N-methyl/N-ethyl adjacent to an activating group) is 1. The van der Waals surface area contributed by atoms with Crippen LogP contribution in [0.3, 0.4) is 0 Å². The summed E-state index contributed by atoms with van der Waals surface area (Å²) in [6.07, 6.45) is 1.56. The predicted octanol–water partition coefficient (Wildman–Crippen LogP) is 3.00. The van der Waals surface area contributed by atoms with Crippen molar-refractivity contribution in [3.63, 3.8) is 0 Å². The molecule has 2 heterocycles. The van der Waals surface area contributed by atoms with E-state index < -0.39 is 11.6 Å². The van der Waals surface area contributed by atoms with E-state index in [1.54, 1.807) is 16.9 Å². The second kappa shape index (κ2) is 7.46. The van der Waals surface area contributed by atoms with E-state index in [0.717, 1.165) is 17.4 Å². The van der Waals surface area contributed by atoms with E-state index in [0.29, 0.717) is 35.2 Å². The molecule has 138 valence electrons. The maximum Gasteiger partial charge on any atom is 0.278 e. The highest BCUT2D eigenvalue weighted by Crippen LogP contribution is 2.31. The zero-order chi connectivity index (χ0) is 18.8. The summed E-state index contributed by atoms with van der Waals surface area (Å²) in [5.74, 6) is -1.67. The van der Waals surface area contributed by atoms with Crippen molar-refractivity contribution in [2.24, 2.45) is 0 Å². The molecule has 1 aromatic carbocycles. The molecule has 0 aliphatic carbocycles. The number of carbonyl (C=O) groups excluding carboxylic acids is 1. The van der Waals surface area contributed by atoms with Crippen LogP contribution >= 0.6 is 11.3 Å². The fraction of sp³-hybridized carbons (Fsp3) is 0.353. The van der Waals surface area contributed by atoms with E-state index in [4.69, 9.17) is 0 Å². The van der Waals surface area contributed by atoms with Gasteiger partial charge in [-0.3, -0.25) is 14.4 Å². The van der Waals surface area contributed by atoms with Gasteiger partial charge in [0.25, 0.3) is 5.91 Å². The molecule has 0 bridgehead atoms. The minimum absolute atomic E-state index is 0.0676. The van der Waals surface area contributed by atoms with Crippen LogP contribution in [0.1, 0.15) is 17.4 Å². The van der Waals surface area contributed by atoms with Crippen molar-refractivity contribution in [1.29, 1.82) is 0 Å². The fourth-order valence-corrected chi connectivity index (χ4v) is 3.58. The van der Waals surface area contributed by atoms with Gasteiger partial charge in [-0.1, -0.05) is 11.3 Å². The Hall–Kier alpha value is -2.39. The molecule has 6 nitrogen and oxygen atoms in total. The van der Waals surface area contributed by atoms with E-state index in [2.05, 4.69) is 10.1 Å². The molecule has 0 radical (unpaired) electrons. The monoisotopic (exact) mass is 379 g/mol. The lowest BCUT2D eigenvalue weighted by Gasteiger charge is -2.22. The number of thiazole rings is 1. The molecule has 0 aliphatic rings. The number of anilines is 1. The molecular formula is C17H19F2N5OS. The first kappa shape index (κ1) is 18.4. The summed E-state index contributed by atoms with van der Waals surface area (Å²) in [6, 6.07) is 3.66. The summed E-state index contributed by atoms with van der Waals surface area (Å²) in [7, 11) is 3.79. The van der Waals surface area contributed by atoms with E-state index in [-0.39, 0.29) is 11.4 Å². The summed E-state index contributed by atoms with van der Waals surface area (Å²) in [5.41, 5.74) is 0.496. The van der Waals surface area contributed by atoms with Crippen LogP contribution in [-0.2, 0) is 6.54 Å². The van der Waals surface area contributed by atoms with Gasteiger partial charge in [-0.15, -0.1) is 0 Å². The molecular weight excluding hydrogens is 360 g/mol. The fourth-order valence-electron chi connectivity index (χ4n) is 2.55. The zero-order valence-corrected chi connectivity index (χ0v) is 15.6. The topological polar surface area (TPSA) is 54.3 Å². The molecule has 2 aromatic heterocycles. The Morgan fingerprint density at radius 1 is 1.27 bits per heavy atom. The number of hydrogen-bond acceptors (Lipinski definition) is 5. The maximum atomic E-state index is 14.0. The van der Waals surface area contributed by atoms with E-state index in [1.165, 1.54) is 11.0 Å². The van der Waals surface area contributed by atoms with Gasteiger partial charge in [-0.2, -0.15) is 5.10 Å². The highest BCUT2D eigenvalue weighted by molar-refractivity contribution is 7.22. The lowest BCUT2D eigenvalue weighted by atomic mass is 10.3. The van der Waals surface area contributed by atoms with Crippen LogP contribution in [0.2, 0.25) is 0 Å². The number of halogens is 2. The van der Waals surface area contributed by atoms with Crippen LogP contribution in [0.5, 0.6) is 0 Å². The number of fused-ring (bicyclic) bond motifs is 1. The molecule has 0 N–H and O–H groups in total. The largest absolute Gasteiger partial charge is 0.308 e. The molecule has 0 spiro atoms. The third-order valence-corrected chi connectivity index (χ3v) is 4.91. The van der Waals surface area contributed by atoms with E-state index in [1.807, 2.05) is 25.9 Å². The smallest absolute Gasteiger partial charge is 0.278 e. The molecule has 0 fully saturated rings. The second-order valence-corrected chi connectivity index (χ2v) is 7.03. The third-order valence-electron chi connectivity index (χ3n) is 3.88. The van der Waals surface area contributed by atoms with Crippen molar-refractivity contribution in [3.8, 4) is 0 Å². The number of carbonyl (C=O) groups is 1. The Kier molecular flexibility index (Phi) is 5.28. The quantitative estimate of drug-likeness (QED) is 0.661. The van der Waals surface area contributed by atoms with Crippen LogP contribution in [0.15, 0.2) is 24.4 Å². The molecule has 0 aliphatic heterocycles. The SMILES string of the molecule is CCn1nccc1C(=O)N(CCN(C)C)c1nc2c(F)cc(F)cc2s1. The standard InChI is InChI=1S/C17H19F2N5OS/c1-4-24-13(5-6-20-24)16(25)23(8-7-22(2)3)17-21-15-12(19)9-11(18)10-14(15)26-17/h5-6,9-10H,4,7-8H2,1-3H3. The molecule has 3 rings (SSSR count). The predicted molar refractivity (Wildman–Crippen MR) is 97.7 cm³/mol. The summed E-state index contributed by atoms with van der Waals surface area (Å²) in [5, 5.41) is 4.46. The van der Waals surface area contributed by atoms with E-state index in [9.17, 15) is 13.6 Å². The zero-order valence-electron chi connectivity index (χ0n) is 14.7. The summed E-state index contributed by atoms with van der Waals surface area (Å²) < 4.78 is 29.5. The van der Waals surface area contributed by atoms with Crippen LogP contribution in [-0.4, -0.2) is 52.8 Å². The van der Waals surface area contributed by atoms with Gasteiger partial charge in [0, 0.05) is 31.9 Å². The van der Waals surface area contributed by atoms with Gasteiger partial charge < -0.3 is 4.90 Å². The minimum Gasteiger partial charge on any atom is -0.308 e. The lowest BCUT2D eigenvalue weighted by molar-refractivity contribution is 0.0975. The van der Waals surface area contributed by atoms with Crippen molar-refractivity contribution in [1.82, 2.24) is 19.7 Å². The third kappa shape index (κ3) is 3.58. The lowest BCUT2D eigenvalue weighted by Crippen LogP contribution is -2.37. The van der Waals surface area contributed by atoms with Gasteiger partial charge in [0.1, 0.15) is 17.0 Å². The first-order valence-electron chi connectivity index (χ1n) is 8.14. The molecule has 0 saturated heterocycles. The molecule has 1 amide bonds. The van der Waals surface area contributed by atoms with Crippen molar-refractivity contribution in [2.75, 3.05) is 32.1 Å². The first-order valence-corrected chi connectivity index (χ1v) is 8.96. The molecule has 26 heavy (non-hydrogen) atoms. The number of nitrogens with zero attached hydrogens (tertiary/aromatic N) is 5. The highest BCUT2D eigenvalue weighted by atomic mass is 32.1. The summed E-state index contributed by atoms with van der Waals surface area (Å²) in [4.78, 5) is 20.8. The Balaban J connectivity index is 2.03.